The van der Waals surface area contributed by atoms with E-state index in [0.717, 1.165) is 0 Å². The monoisotopic (exact) mass is 332 g/mol. The molecule has 0 unspecified atom stereocenters. The number of hydrogen-bond acceptors (Lipinski definition) is 6. The smallest absolute Gasteiger partial charge is 0.262 e. The number of aromatic nitrogens is 2. The lowest BCUT2D eigenvalue weighted by molar-refractivity contribution is 0.214. The minimum absolute atomic E-state index is 0.0459. The Kier molecular flexibility index (Phi) is 5.61. The maximum atomic E-state index is 8.89. The first kappa shape index (κ1) is 16.8. The number of nitrogens with one attached hydrogen (secondary N) is 1. The maximum Gasteiger partial charge on any atom is 0.262 e. The van der Waals surface area contributed by atoms with Crippen molar-refractivity contribution in [2.75, 3.05) is 11.9 Å². The molecule has 0 spiro atoms. The van der Waals surface area contributed by atoms with Gasteiger partial charge in [0.1, 0.15) is 6.33 Å². The SMILES string of the molecule is CCOc1c(Nc2ccc(C#N)cc2Cl)ncnc1OC(C)C. The maximum absolute atomic E-state index is 8.89. The van der Waals surface area contributed by atoms with E-state index in [1.165, 1.54) is 6.33 Å². The molecule has 0 amide bonds. The molecule has 1 heterocycles. The third kappa shape index (κ3) is 4.24. The fraction of sp³-hybridized carbons (Fsp3) is 0.312. The number of benzene rings is 1. The minimum Gasteiger partial charge on any atom is -0.486 e. The van der Waals surface area contributed by atoms with Crippen LogP contribution in [0.3, 0.4) is 0 Å². The largest absolute Gasteiger partial charge is 0.486 e. The van der Waals surface area contributed by atoms with Crippen LogP contribution in [0.2, 0.25) is 5.02 Å². The molecule has 7 heteroatoms. The van der Waals surface area contributed by atoms with Crippen molar-refractivity contribution in [3.05, 3.63) is 35.1 Å². The fourth-order valence-electron chi connectivity index (χ4n) is 1.84. The Balaban J connectivity index is 2.37. The number of ether oxygens (including phenoxy) is 2. The Morgan fingerprint density at radius 3 is 2.74 bits per heavy atom. The zero-order chi connectivity index (χ0) is 16.8. The van der Waals surface area contributed by atoms with Crippen molar-refractivity contribution < 1.29 is 9.47 Å². The van der Waals surface area contributed by atoms with Gasteiger partial charge in [-0.25, -0.2) is 4.98 Å². The van der Waals surface area contributed by atoms with Gasteiger partial charge in [-0.3, -0.25) is 0 Å². The van der Waals surface area contributed by atoms with Gasteiger partial charge in [-0.05, 0) is 39.0 Å². The minimum atomic E-state index is -0.0459. The highest BCUT2D eigenvalue weighted by molar-refractivity contribution is 6.33. The lowest BCUT2D eigenvalue weighted by Gasteiger charge is -2.16. The lowest BCUT2D eigenvalue weighted by atomic mass is 10.2. The van der Waals surface area contributed by atoms with Crippen molar-refractivity contribution in [1.29, 1.82) is 5.26 Å². The summed E-state index contributed by atoms with van der Waals surface area (Å²) in [5.74, 6) is 1.23. The van der Waals surface area contributed by atoms with Crippen molar-refractivity contribution in [2.24, 2.45) is 0 Å². The van der Waals surface area contributed by atoms with Crippen LogP contribution in [0.15, 0.2) is 24.5 Å². The Labute approximate surface area is 140 Å². The highest BCUT2D eigenvalue weighted by Gasteiger charge is 2.16. The summed E-state index contributed by atoms with van der Waals surface area (Å²) in [5, 5.41) is 12.4. The summed E-state index contributed by atoms with van der Waals surface area (Å²) in [5.41, 5.74) is 1.10. The predicted molar refractivity (Wildman–Crippen MR) is 88.4 cm³/mol. The third-order valence-electron chi connectivity index (χ3n) is 2.76. The van der Waals surface area contributed by atoms with E-state index in [2.05, 4.69) is 15.3 Å². The molecular formula is C16H17ClN4O2. The number of nitrogens with zero attached hydrogens (tertiary/aromatic N) is 3. The highest BCUT2D eigenvalue weighted by atomic mass is 35.5. The molecule has 0 aliphatic rings. The van der Waals surface area contributed by atoms with Crippen molar-refractivity contribution in [3.8, 4) is 17.7 Å². The van der Waals surface area contributed by atoms with Crippen molar-refractivity contribution in [3.63, 3.8) is 0 Å². The van der Waals surface area contributed by atoms with Gasteiger partial charge in [-0.1, -0.05) is 11.6 Å². The van der Waals surface area contributed by atoms with Gasteiger partial charge in [0.2, 0.25) is 5.75 Å². The molecule has 0 bridgehead atoms. The molecule has 1 N–H and O–H groups in total. The molecule has 0 radical (unpaired) electrons. The summed E-state index contributed by atoms with van der Waals surface area (Å²) >= 11 is 6.18. The van der Waals surface area contributed by atoms with E-state index in [-0.39, 0.29) is 6.10 Å². The summed E-state index contributed by atoms with van der Waals surface area (Å²) in [6, 6.07) is 7.00. The topological polar surface area (TPSA) is 80.1 Å². The van der Waals surface area contributed by atoms with Crippen LogP contribution in [-0.2, 0) is 0 Å². The summed E-state index contributed by atoms with van der Waals surface area (Å²) in [6.07, 6.45) is 1.34. The molecule has 0 fully saturated rings. The van der Waals surface area contributed by atoms with Crippen LogP contribution in [0, 0.1) is 11.3 Å². The predicted octanol–water partition coefficient (Wildman–Crippen LogP) is 3.93. The molecule has 0 saturated heterocycles. The Morgan fingerprint density at radius 2 is 2.13 bits per heavy atom. The number of nitriles is 1. The standard InChI is InChI=1S/C16H17ClN4O2/c1-4-22-14-15(19-9-20-16(14)23-10(2)3)21-13-6-5-11(8-18)7-12(13)17/h5-7,9-10H,4H2,1-3H3,(H,19,20,21). The first-order chi connectivity index (χ1) is 11.0. The van der Waals surface area contributed by atoms with Crippen LogP contribution in [-0.4, -0.2) is 22.7 Å². The number of anilines is 2. The van der Waals surface area contributed by atoms with Gasteiger partial charge in [-0.15, -0.1) is 0 Å². The van der Waals surface area contributed by atoms with E-state index in [9.17, 15) is 0 Å². The summed E-state index contributed by atoms with van der Waals surface area (Å²) < 4.78 is 11.3. The van der Waals surface area contributed by atoms with E-state index >= 15 is 0 Å². The average Bonchev–Trinajstić information content (AvgIpc) is 2.51. The van der Waals surface area contributed by atoms with E-state index in [1.54, 1.807) is 18.2 Å². The second-order valence-corrected chi connectivity index (χ2v) is 5.29. The van der Waals surface area contributed by atoms with Gasteiger partial charge in [0.15, 0.2) is 5.82 Å². The van der Waals surface area contributed by atoms with Crippen LogP contribution >= 0.6 is 11.6 Å². The molecule has 1 aromatic heterocycles. The molecule has 6 nitrogen and oxygen atoms in total. The molecule has 0 saturated carbocycles. The van der Waals surface area contributed by atoms with Gasteiger partial charge in [-0.2, -0.15) is 10.2 Å². The zero-order valence-corrected chi connectivity index (χ0v) is 13.9. The van der Waals surface area contributed by atoms with E-state index in [4.69, 9.17) is 26.3 Å². The molecule has 23 heavy (non-hydrogen) atoms. The fourth-order valence-corrected chi connectivity index (χ4v) is 2.07. The molecule has 1 aromatic carbocycles. The summed E-state index contributed by atoms with van der Waals surface area (Å²) in [6.45, 7) is 6.12. The highest BCUT2D eigenvalue weighted by Crippen LogP contribution is 2.35. The van der Waals surface area contributed by atoms with Crippen LogP contribution in [0.4, 0.5) is 11.5 Å². The number of rotatable bonds is 6. The van der Waals surface area contributed by atoms with Gasteiger partial charge in [0.05, 0.1) is 35.1 Å². The first-order valence-corrected chi connectivity index (χ1v) is 7.54. The summed E-state index contributed by atoms with van der Waals surface area (Å²) in [7, 11) is 0. The molecule has 0 aliphatic heterocycles. The second-order valence-electron chi connectivity index (χ2n) is 4.89. The van der Waals surface area contributed by atoms with Crippen molar-refractivity contribution in [2.45, 2.75) is 26.9 Å². The molecule has 120 valence electrons. The average molecular weight is 333 g/mol. The van der Waals surface area contributed by atoms with Crippen molar-refractivity contribution >= 4 is 23.1 Å². The lowest BCUT2D eigenvalue weighted by Crippen LogP contribution is -2.10. The second kappa shape index (κ2) is 7.65. The van der Waals surface area contributed by atoms with Crippen LogP contribution in [0.25, 0.3) is 0 Å². The van der Waals surface area contributed by atoms with Crippen LogP contribution < -0.4 is 14.8 Å². The van der Waals surface area contributed by atoms with Gasteiger partial charge in [0.25, 0.3) is 5.88 Å². The number of halogens is 1. The van der Waals surface area contributed by atoms with E-state index in [1.807, 2.05) is 26.8 Å². The normalized spacial score (nSPS) is 10.3. The first-order valence-electron chi connectivity index (χ1n) is 7.16. The molecule has 2 aromatic rings. The van der Waals surface area contributed by atoms with Crippen molar-refractivity contribution in [1.82, 2.24) is 9.97 Å². The summed E-state index contributed by atoms with van der Waals surface area (Å²) in [4.78, 5) is 8.31. The molecular weight excluding hydrogens is 316 g/mol. The van der Waals surface area contributed by atoms with Crippen LogP contribution in [0.1, 0.15) is 26.3 Å². The van der Waals surface area contributed by atoms with E-state index < -0.39 is 0 Å². The van der Waals surface area contributed by atoms with Crippen LogP contribution in [0.5, 0.6) is 11.6 Å². The third-order valence-corrected chi connectivity index (χ3v) is 3.07. The quantitative estimate of drug-likeness (QED) is 0.863. The van der Waals surface area contributed by atoms with Gasteiger partial charge < -0.3 is 14.8 Å². The Morgan fingerprint density at radius 1 is 1.35 bits per heavy atom. The molecule has 0 atom stereocenters. The van der Waals surface area contributed by atoms with Gasteiger partial charge >= 0.3 is 0 Å². The molecule has 2 rings (SSSR count). The molecule has 0 aliphatic carbocycles. The Hall–Kier alpha value is -2.52. The zero-order valence-electron chi connectivity index (χ0n) is 13.1. The Bertz CT molecular complexity index is 729. The van der Waals surface area contributed by atoms with Gasteiger partial charge in [0, 0.05) is 0 Å². The number of hydrogen-bond donors (Lipinski definition) is 1. The van der Waals surface area contributed by atoms with E-state index in [0.29, 0.717) is 40.3 Å².